The molecule has 2 rings (SSSR count). The van der Waals surface area contributed by atoms with E-state index in [2.05, 4.69) is 33.3 Å². The van der Waals surface area contributed by atoms with Crippen molar-refractivity contribution in [1.82, 2.24) is 21.0 Å². The van der Waals surface area contributed by atoms with Crippen LogP contribution in [0.4, 0.5) is 5.13 Å². The molecule has 0 unspecified atom stereocenters. The molecule has 0 aliphatic carbocycles. The molecule has 0 saturated heterocycles. The fourth-order valence-electron chi connectivity index (χ4n) is 1.66. The largest absolute Gasteiger partial charge is 0.360 e. The molecular weight excluding hydrogens is 346 g/mol. The lowest BCUT2D eigenvalue weighted by atomic mass is 10.2. The van der Waals surface area contributed by atoms with Crippen LogP contribution in [0.3, 0.4) is 0 Å². The number of anilines is 1. The molecule has 3 N–H and O–H groups in total. The van der Waals surface area contributed by atoms with E-state index in [1.807, 2.05) is 6.07 Å². The van der Waals surface area contributed by atoms with Gasteiger partial charge in [0.1, 0.15) is 0 Å². The topological polar surface area (TPSA) is 96.0 Å². The van der Waals surface area contributed by atoms with Gasteiger partial charge in [0.15, 0.2) is 4.34 Å². The summed E-state index contributed by atoms with van der Waals surface area (Å²) in [7, 11) is 0. The number of carbonyl (C=O) groups is 2. The molecule has 0 radical (unpaired) electrons. The fraction of sp³-hybridized carbons (Fsp3) is 0.333. The fourth-order valence-corrected chi connectivity index (χ4v) is 3.24. The maximum Gasteiger partial charge on any atom is 0.269 e. The number of carbonyl (C=O) groups excluding carboxylic acids is 2. The predicted octanol–water partition coefficient (Wildman–Crippen LogP) is 2.30. The summed E-state index contributed by atoms with van der Waals surface area (Å²) in [6.45, 7) is 2.99. The van der Waals surface area contributed by atoms with Crippen molar-refractivity contribution >= 4 is 40.0 Å². The molecule has 0 aliphatic heterocycles. The maximum atomic E-state index is 11.8. The summed E-state index contributed by atoms with van der Waals surface area (Å²) >= 11 is 2.69. The molecule has 0 aliphatic rings. The molecule has 0 saturated carbocycles. The first-order valence-electron chi connectivity index (χ1n) is 7.53. The van der Waals surface area contributed by atoms with Crippen LogP contribution in [0.1, 0.15) is 30.1 Å². The first kappa shape index (κ1) is 18.2. The van der Waals surface area contributed by atoms with Crippen LogP contribution in [0, 0.1) is 0 Å². The highest BCUT2D eigenvalue weighted by Crippen LogP contribution is 2.25. The number of nitrogens with zero attached hydrogens (tertiary/aromatic N) is 2. The molecule has 128 valence electrons. The van der Waals surface area contributed by atoms with Gasteiger partial charge in [0.2, 0.25) is 11.0 Å². The molecule has 7 nitrogen and oxygen atoms in total. The van der Waals surface area contributed by atoms with Crippen LogP contribution in [0.15, 0.2) is 34.7 Å². The van der Waals surface area contributed by atoms with Crippen LogP contribution in [-0.4, -0.2) is 34.3 Å². The van der Waals surface area contributed by atoms with Crippen LogP contribution < -0.4 is 16.2 Å². The molecule has 2 aromatic rings. The quantitative estimate of drug-likeness (QED) is 0.377. The number of nitrogens with one attached hydrogen (secondary N) is 3. The molecule has 1 aromatic heterocycles. The van der Waals surface area contributed by atoms with Gasteiger partial charge < -0.3 is 5.32 Å². The van der Waals surface area contributed by atoms with Crippen LogP contribution in [0.2, 0.25) is 0 Å². The second-order valence-corrected chi connectivity index (χ2v) is 7.01. The number of rotatable bonds is 8. The SMILES string of the molecule is CCCCNc1nnc(SCC(=O)NNC(=O)c2ccccc2)s1. The van der Waals surface area contributed by atoms with E-state index in [-0.39, 0.29) is 17.6 Å². The molecule has 0 spiro atoms. The van der Waals surface area contributed by atoms with Gasteiger partial charge in [0.25, 0.3) is 5.91 Å². The van der Waals surface area contributed by atoms with Gasteiger partial charge in [-0.2, -0.15) is 0 Å². The first-order valence-corrected chi connectivity index (χ1v) is 9.33. The van der Waals surface area contributed by atoms with Gasteiger partial charge in [-0.1, -0.05) is 54.6 Å². The normalized spacial score (nSPS) is 10.2. The lowest BCUT2D eigenvalue weighted by Crippen LogP contribution is -2.42. The van der Waals surface area contributed by atoms with E-state index in [1.165, 1.54) is 23.1 Å². The second kappa shape index (κ2) is 9.89. The minimum Gasteiger partial charge on any atom is -0.360 e. The number of amides is 2. The Labute approximate surface area is 148 Å². The third kappa shape index (κ3) is 6.17. The van der Waals surface area contributed by atoms with Crippen molar-refractivity contribution in [2.75, 3.05) is 17.6 Å². The first-order chi connectivity index (χ1) is 11.7. The number of hydrogen-bond acceptors (Lipinski definition) is 7. The van der Waals surface area contributed by atoms with Gasteiger partial charge in [0.05, 0.1) is 5.75 Å². The van der Waals surface area contributed by atoms with E-state index in [4.69, 9.17) is 0 Å². The van der Waals surface area contributed by atoms with Crippen LogP contribution in [0.5, 0.6) is 0 Å². The summed E-state index contributed by atoms with van der Waals surface area (Å²) < 4.78 is 0.707. The standard InChI is InChI=1S/C15H19N5O2S2/c1-2-3-9-16-14-19-20-15(24-14)23-10-12(21)17-18-13(22)11-7-5-4-6-8-11/h4-8H,2-3,9-10H2,1H3,(H,16,19)(H,17,21)(H,18,22). The Balaban J connectivity index is 1.68. The summed E-state index contributed by atoms with van der Waals surface area (Å²) in [5, 5.41) is 12.0. The van der Waals surface area contributed by atoms with E-state index in [9.17, 15) is 9.59 Å². The van der Waals surface area contributed by atoms with Crippen LogP contribution in [-0.2, 0) is 4.79 Å². The Bertz CT molecular complexity index is 663. The Morgan fingerprint density at radius 1 is 1.17 bits per heavy atom. The van der Waals surface area contributed by atoms with Crippen molar-refractivity contribution in [2.24, 2.45) is 0 Å². The number of benzene rings is 1. The Kier molecular flexibility index (Phi) is 7.50. The van der Waals surface area contributed by atoms with E-state index in [0.29, 0.717) is 9.90 Å². The van der Waals surface area contributed by atoms with Crippen molar-refractivity contribution in [3.63, 3.8) is 0 Å². The highest BCUT2D eigenvalue weighted by atomic mass is 32.2. The molecule has 2 amide bonds. The number of hydrazine groups is 1. The molecule has 0 bridgehead atoms. The average molecular weight is 365 g/mol. The lowest BCUT2D eigenvalue weighted by Gasteiger charge is -2.06. The Morgan fingerprint density at radius 3 is 2.71 bits per heavy atom. The molecule has 1 aromatic carbocycles. The molecular formula is C15H19N5O2S2. The van der Waals surface area contributed by atoms with Crippen LogP contribution in [0.25, 0.3) is 0 Å². The van der Waals surface area contributed by atoms with Gasteiger partial charge in [0, 0.05) is 12.1 Å². The third-order valence-electron chi connectivity index (χ3n) is 2.89. The van der Waals surface area contributed by atoms with Gasteiger partial charge >= 0.3 is 0 Å². The summed E-state index contributed by atoms with van der Waals surface area (Å²) in [6.07, 6.45) is 2.19. The van der Waals surface area contributed by atoms with E-state index in [1.54, 1.807) is 24.3 Å². The smallest absolute Gasteiger partial charge is 0.269 e. The monoisotopic (exact) mass is 365 g/mol. The van der Waals surface area contributed by atoms with E-state index < -0.39 is 0 Å². The third-order valence-corrected chi connectivity index (χ3v) is 4.91. The van der Waals surface area contributed by atoms with E-state index >= 15 is 0 Å². The van der Waals surface area contributed by atoms with Gasteiger partial charge in [-0.3, -0.25) is 20.4 Å². The zero-order chi connectivity index (χ0) is 17.2. The Morgan fingerprint density at radius 2 is 1.96 bits per heavy atom. The summed E-state index contributed by atoms with van der Waals surface area (Å²) in [5.41, 5.74) is 5.24. The molecule has 9 heteroatoms. The Hall–Kier alpha value is -2.13. The maximum absolute atomic E-state index is 11.8. The minimum atomic E-state index is -0.354. The number of aromatic nitrogens is 2. The zero-order valence-electron chi connectivity index (χ0n) is 13.2. The predicted molar refractivity (Wildman–Crippen MR) is 96.1 cm³/mol. The van der Waals surface area contributed by atoms with Crippen molar-refractivity contribution in [2.45, 2.75) is 24.1 Å². The summed E-state index contributed by atoms with van der Waals surface area (Å²) in [4.78, 5) is 23.6. The minimum absolute atomic E-state index is 0.151. The summed E-state index contributed by atoms with van der Waals surface area (Å²) in [6, 6.07) is 8.68. The van der Waals surface area contributed by atoms with Gasteiger partial charge in [-0.15, -0.1) is 10.2 Å². The highest BCUT2D eigenvalue weighted by molar-refractivity contribution is 8.01. The second-order valence-electron chi connectivity index (χ2n) is 4.81. The highest BCUT2D eigenvalue weighted by Gasteiger charge is 2.09. The summed E-state index contributed by atoms with van der Waals surface area (Å²) in [5.74, 6) is -0.509. The number of thioether (sulfide) groups is 1. The van der Waals surface area contributed by atoms with Crippen molar-refractivity contribution in [1.29, 1.82) is 0 Å². The average Bonchev–Trinajstić information content (AvgIpc) is 3.06. The molecule has 0 fully saturated rings. The van der Waals surface area contributed by atoms with Crippen molar-refractivity contribution in [3.05, 3.63) is 35.9 Å². The molecule has 0 atom stereocenters. The van der Waals surface area contributed by atoms with Gasteiger partial charge in [-0.05, 0) is 18.6 Å². The van der Waals surface area contributed by atoms with E-state index in [0.717, 1.165) is 24.5 Å². The molecule has 24 heavy (non-hydrogen) atoms. The van der Waals surface area contributed by atoms with Crippen molar-refractivity contribution < 1.29 is 9.59 Å². The molecule has 1 heterocycles. The zero-order valence-corrected chi connectivity index (χ0v) is 14.9. The van der Waals surface area contributed by atoms with Crippen LogP contribution >= 0.6 is 23.1 Å². The van der Waals surface area contributed by atoms with Crippen molar-refractivity contribution in [3.8, 4) is 0 Å². The number of unbranched alkanes of at least 4 members (excludes halogenated alkanes) is 1. The lowest BCUT2D eigenvalue weighted by molar-refractivity contribution is -0.119. The van der Waals surface area contributed by atoms with Gasteiger partial charge in [-0.25, -0.2) is 0 Å². The number of hydrogen-bond donors (Lipinski definition) is 3.